The summed E-state index contributed by atoms with van der Waals surface area (Å²) in [6, 6.07) is 6.62. The van der Waals surface area contributed by atoms with E-state index in [1.165, 1.54) is 12.5 Å². The molecule has 2 aromatic rings. The van der Waals surface area contributed by atoms with Crippen molar-refractivity contribution in [2.75, 3.05) is 19.8 Å². The molecule has 1 aliphatic carbocycles. The molecular formula is C31H49N3O6S2. The van der Waals surface area contributed by atoms with Gasteiger partial charge in [-0.2, -0.15) is 0 Å². The molecule has 11 heteroatoms. The van der Waals surface area contributed by atoms with E-state index in [4.69, 9.17) is 4.74 Å². The number of nitrogens with one attached hydrogen (secondary N) is 2. The molecule has 4 rings (SSSR count). The van der Waals surface area contributed by atoms with Crippen molar-refractivity contribution >= 4 is 20.0 Å². The van der Waals surface area contributed by atoms with E-state index < -0.39 is 31.2 Å². The summed E-state index contributed by atoms with van der Waals surface area (Å²) in [6.45, 7) is 12.6. The minimum Gasteiger partial charge on any atom is -0.386 e. The maximum atomic E-state index is 13.6. The standard InChI is InChI=1S/C31H49N3O6S2/c1-22-29(41(36,37)32-20-23-14-16-40-17-15-23)19-27(34(22)21-24-10-8-7-9-11-24)25-12-13-28(26(18-25)31(5,6)35)42(38,39)33-30(2,3)4/h12-13,18-19,23-24,32-33,35H,7-11,14-17,20-21H2,1-6H3. The normalized spacial score (nSPS) is 18.5. The van der Waals surface area contributed by atoms with Crippen LogP contribution < -0.4 is 9.44 Å². The van der Waals surface area contributed by atoms with Gasteiger partial charge in [0.05, 0.1) is 10.5 Å². The molecule has 0 bridgehead atoms. The van der Waals surface area contributed by atoms with Crippen molar-refractivity contribution in [2.45, 2.75) is 114 Å². The number of rotatable bonds is 10. The molecule has 3 N–H and O–H groups in total. The summed E-state index contributed by atoms with van der Waals surface area (Å²) < 4.78 is 67.0. The Morgan fingerprint density at radius 2 is 1.52 bits per heavy atom. The lowest BCUT2D eigenvalue weighted by atomic mass is 9.89. The number of hydrogen-bond donors (Lipinski definition) is 3. The molecule has 1 saturated carbocycles. The minimum atomic E-state index is -3.94. The Morgan fingerprint density at radius 3 is 2.12 bits per heavy atom. The fraction of sp³-hybridized carbons (Fsp3) is 0.677. The predicted molar refractivity (Wildman–Crippen MR) is 165 cm³/mol. The van der Waals surface area contributed by atoms with Crippen molar-refractivity contribution in [1.82, 2.24) is 14.0 Å². The van der Waals surface area contributed by atoms with Crippen LogP contribution in [0.2, 0.25) is 0 Å². The number of nitrogens with zero attached hydrogens (tertiary/aromatic N) is 1. The zero-order valence-electron chi connectivity index (χ0n) is 26.0. The molecule has 0 atom stereocenters. The maximum Gasteiger partial charge on any atom is 0.242 e. The first-order valence-corrected chi connectivity index (χ1v) is 18.1. The third-order valence-electron chi connectivity index (χ3n) is 8.34. The lowest BCUT2D eigenvalue weighted by Gasteiger charge is -2.27. The first kappa shape index (κ1) is 33.1. The monoisotopic (exact) mass is 623 g/mol. The van der Waals surface area contributed by atoms with E-state index in [1.807, 2.05) is 6.92 Å². The van der Waals surface area contributed by atoms with E-state index in [2.05, 4.69) is 14.0 Å². The van der Waals surface area contributed by atoms with Crippen LogP contribution in [-0.4, -0.2) is 51.8 Å². The Balaban J connectivity index is 1.79. The summed E-state index contributed by atoms with van der Waals surface area (Å²) in [5.41, 5.74) is 0.0944. The molecule has 42 heavy (non-hydrogen) atoms. The number of hydrogen-bond acceptors (Lipinski definition) is 6. The average Bonchev–Trinajstić information content (AvgIpc) is 3.23. The summed E-state index contributed by atoms with van der Waals surface area (Å²) in [6.07, 6.45) is 7.38. The molecule has 1 aromatic carbocycles. The van der Waals surface area contributed by atoms with Crippen LogP contribution in [0.3, 0.4) is 0 Å². The number of benzene rings is 1. The van der Waals surface area contributed by atoms with Gasteiger partial charge in [0.25, 0.3) is 0 Å². The molecule has 236 valence electrons. The first-order chi connectivity index (χ1) is 19.5. The second kappa shape index (κ2) is 12.7. The largest absolute Gasteiger partial charge is 0.386 e. The molecule has 1 aromatic heterocycles. The molecule has 1 aliphatic heterocycles. The molecule has 0 unspecified atom stereocenters. The highest BCUT2D eigenvalue weighted by Gasteiger charge is 2.32. The van der Waals surface area contributed by atoms with Gasteiger partial charge in [0, 0.05) is 48.8 Å². The second-order valence-corrected chi connectivity index (χ2v) is 17.0. The maximum absolute atomic E-state index is 13.6. The molecule has 9 nitrogen and oxygen atoms in total. The van der Waals surface area contributed by atoms with Crippen LogP contribution in [0.1, 0.15) is 90.8 Å². The van der Waals surface area contributed by atoms with Crippen LogP contribution in [0.4, 0.5) is 0 Å². The van der Waals surface area contributed by atoms with Gasteiger partial charge in [-0.05, 0) is 103 Å². The van der Waals surface area contributed by atoms with Crippen molar-refractivity contribution in [3.8, 4) is 11.3 Å². The summed E-state index contributed by atoms with van der Waals surface area (Å²) in [4.78, 5) is 0.234. The van der Waals surface area contributed by atoms with Crippen LogP contribution in [0.15, 0.2) is 34.1 Å². The van der Waals surface area contributed by atoms with Gasteiger partial charge < -0.3 is 14.4 Å². The number of ether oxygens (including phenoxy) is 1. The Bertz CT molecular complexity index is 1450. The third kappa shape index (κ3) is 8.04. The third-order valence-corrected chi connectivity index (χ3v) is 11.7. The average molecular weight is 624 g/mol. The van der Waals surface area contributed by atoms with E-state index in [0.717, 1.165) is 38.5 Å². The first-order valence-electron chi connectivity index (χ1n) is 15.2. The topological polar surface area (TPSA) is 127 Å². The summed E-state index contributed by atoms with van der Waals surface area (Å²) in [7, 11) is -7.74. The number of aliphatic hydroxyl groups is 1. The second-order valence-electron chi connectivity index (χ2n) is 13.6. The van der Waals surface area contributed by atoms with Gasteiger partial charge in [-0.1, -0.05) is 25.3 Å². The van der Waals surface area contributed by atoms with Crippen molar-refractivity contribution < 1.29 is 26.7 Å². The van der Waals surface area contributed by atoms with E-state index in [1.54, 1.807) is 52.8 Å². The van der Waals surface area contributed by atoms with Crippen molar-refractivity contribution in [3.05, 3.63) is 35.5 Å². The van der Waals surface area contributed by atoms with Gasteiger partial charge in [-0.3, -0.25) is 0 Å². The molecule has 0 spiro atoms. The van der Waals surface area contributed by atoms with Gasteiger partial charge in [-0.25, -0.2) is 26.3 Å². The van der Waals surface area contributed by atoms with Crippen LogP contribution in [0.25, 0.3) is 11.3 Å². The van der Waals surface area contributed by atoms with E-state index in [0.29, 0.717) is 49.2 Å². The summed E-state index contributed by atoms with van der Waals surface area (Å²) >= 11 is 0. The fourth-order valence-corrected chi connectivity index (χ4v) is 9.25. The molecular weight excluding hydrogens is 574 g/mol. The summed E-state index contributed by atoms with van der Waals surface area (Å²) in [5.74, 6) is 0.668. The van der Waals surface area contributed by atoms with Crippen molar-refractivity contribution in [3.63, 3.8) is 0 Å². The predicted octanol–water partition coefficient (Wildman–Crippen LogP) is 5.05. The number of sulfonamides is 2. The van der Waals surface area contributed by atoms with E-state index in [-0.39, 0.29) is 21.3 Å². The van der Waals surface area contributed by atoms with Gasteiger partial charge in [0.1, 0.15) is 4.90 Å². The molecule has 0 amide bonds. The Kier molecular flexibility index (Phi) is 10.0. The van der Waals surface area contributed by atoms with Crippen molar-refractivity contribution in [2.24, 2.45) is 11.8 Å². The minimum absolute atomic E-state index is 0.00163. The zero-order valence-corrected chi connectivity index (χ0v) is 27.6. The lowest BCUT2D eigenvalue weighted by Crippen LogP contribution is -2.41. The SMILES string of the molecule is Cc1c(S(=O)(=O)NCC2CCOCC2)cc(-c2ccc(S(=O)(=O)NC(C)(C)C)c(C(C)(C)O)c2)n1CC1CCCCC1. The van der Waals surface area contributed by atoms with Crippen molar-refractivity contribution in [1.29, 1.82) is 0 Å². The molecule has 1 saturated heterocycles. The Morgan fingerprint density at radius 1 is 0.881 bits per heavy atom. The smallest absolute Gasteiger partial charge is 0.242 e. The van der Waals surface area contributed by atoms with Crippen LogP contribution in [0, 0.1) is 18.8 Å². The van der Waals surface area contributed by atoms with E-state index in [9.17, 15) is 21.9 Å². The zero-order chi connectivity index (χ0) is 30.9. The van der Waals surface area contributed by atoms with Gasteiger partial charge in [0.15, 0.2) is 0 Å². The summed E-state index contributed by atoms with van der Waals surface area (Å²) in [5, 5.41) is 11.1. The van der Waals surface area contributed by atoms with Gasteiger partial charge >= 0.3 is 0 Å². The van der Waals surface area contributed by atoms with E-state index >= 15 is 0 Å². The number of aromatic nitrogens is 1. The molecule has 2 aliphatic rings. The lowest BCUT2D eigenvalue weighted by molar-refractivity contribution is 0.0678. The highest BCUT2D eigenvalue weighted by molar-refractivity contribution is 7.89. The highest BCUT2D eigenvalue weighted by Crippen LogP contribution is 2.37. The Hall–Kier alpha value is -1.76. The van der Waals surface area contributed by atoms with Crippen LogP contribution >= 0.6 is 0 Å². The molecule has 2 fully saturated rings. The Labute approximate surface area is 252 Å². The quantitative estimate of drug-likeness (QED) is 0.340. The van der Waals surface area contributed by atoms with Gasteiger partial charge in [-0.15, -0.1) is 0 Å². The van der Waals surface area contributed by atoms with Crippen LogP contribution in [-0.2, 0) is 36.9 Å². The van der Waals surface area contributed by atoms with Gasteiger partial charge in [0.2, 0.25) is 20.0 Å². The highest BCUT2D eigenvalue weighted by atomic mass is 32.2. The molecule has 0 radical (unpaired) electrons. The van der Waals surface area contributed by atoms with Crippen LogP contribution in [0.5, 0.6) is 0 Å². The fourth-order valence-electron chi connectivity index (χ4n) is 6.11. The molecule has 2 heterocycles.